The molecule has 6 nitrogen and oxygen atoms in total. The molecule has 1 aliphatic rings. The summed E-state index contributed by atoms with van der Waals surface area (Å²) < 4.78 is 5.18. The minimum atomic E-state index is 0.165. The molecule has 1 aliphatic heterocycles. The van der Waals surface area contributed by atoms with Crippen LogP contribution in [0.1, 0.15) is 30.0 Å². The molecule has 1 atom stereocenters. The van der Waals surface area contributed by atoms with E-state index in [9.17, 15) is 4.79 Å². The van der Waals surface area contributed by atoms with E-state index in [1.165, 1.54) is 6.33 Å². The number of pyridine rings is 1. The average Bonchev–Trinajstić information content (AvgIpc) is 2.80. The molecular weight excluding hydrogens is 364 g/mol. The van der Waals surface area contributed by atoms with Crippen molar-refractivity contribution in [3.8, 4) is 16.9 Å². The van der Waals surface area contributed by atoms with Crippen molar-refractivity contribution in [2.45, 2.75) is 25.2 Å². The fourth-order valence-electron chi connectivity index (χ4n) is 3.74. The first-order chi connectivity index (χ1) is 14.2. The fourth-order valence-corrected chi connectivity index (χ4v) is 3.74. The Morgan fingerprint density at radius 3 is 2.55 bits per heavy atom. The van der Waals surface area contributed by atoms with Gasteiger partial charge in [-0.1, -0.05) is 18.2 Å². The van der Waals surface area contributed by atoms with Gasteiger partial charge in [-0.05, 0) is 36.6 Å². The summed E-state index contributed by atoms with van der Waals surface area (Å²) in [6.07, 6.45) is 9.41. The highest BCUT2D eigenvalue weighted by molar-refractivity contribution is 5.79. The van der Waals surface area contributed by atoms with E-state index in [4.69, 9.17) is 4.74 Å². The van der Waals surface area contributed by atoms with E-state index >= 15 is 0 Å². The molecule has 0 bridgehead atoms. The Labute approximate surface area is 170 Å². The van der Waals surface area contributed by atoms with Crippen LogP contribution in [-0.4, -0.2) is 46.0 Å². The molecule has 0 saturated carbocycles. The lowest BCUT2D eigenvalue weighted by molar-refractivity contribution is -0.131. The summed E-state index contributed by atoms with van der Waals surface area (Å²) in [4.78, 5) is 27.6. The second kappa shape index (κ2) is 8.82. The van der Waals surface area contributed by atoms with E-state index in [0.717, 1.165) is 54.1 Å². The highest BCUT2D eigenvalue weighted by Gasteiger charge is 2.25. The second-order valence-electron chi connectivity index (χ2n) is 7.30. The predicted octanol–water partition coefficient (Wildman–Crippen LogP) is 3.50. The van der Waals surface area contributed by atoms with Gasteiger partial charge in [0.15, 0.2) is 0 Å². The monoisotopic (exact) mass is 388 g/mol. The van der Waals surface area contributed by atoms with Crippen molar-refractivity contribution in [3.63, 3.8) is 0 Å². The molecule has 1 unspecified atom stereocenters. The number of hydrogen-bond donors (Lipinski definition) is 0. The van der Waals surface area contributed by atoms with E-state index < -0.39 is 0 Å². The van der Waals surface area contributed by atoms with Gasteiger partial charge < -0.3 is 9.64 Å². The molecule has 6 heteroatoms. The molecule has 29 heavy (non-hydrogen) atoms. The van der Waals surface area contributed by atoms with E-state index in [1.54, 1.807) is 19.5 Å². The molecule has 0 radical (unpaired) electrons. The average molecular weight is 388 g/mol. The van der Waals surface area contributed by atoms with Gasteiger partial charge in [-0.15, -0.1) is 0 Å². The molecule has 3 aromatic rings. The van der Waals surface area contributed by atoms with Crippen LogP contribution in [0.25, 0.3) is 11.1 Å². The highest BCUT2D eigenvalue weighted by Crippen LogP contribution is 2.27. The number of rotatable bonds is 5. The van der Waals surface area contributed by atoms with Crippen LogP contribution in [0.5, 0.6) is 5.75 Å². The molecule has 1 aromatic carbocycles. The van der Waals surface area contributed by atoms with Crippen LogP contribution in [0.15, 0.2) is 61.3 Å². The Hall–Kier alpha value is -3.28. The lowest BCUT2D eigenvalue weighted by Crippen LogP contribution is -2.40. The van der Waals surface area contributed by atoms with E-state index in [2.05, 4.69) is 27.1 Å². The number of aromatic nitrogens is 3. The smallest absolute Gasteiger partial charge is 0.227 e. The number of likely N-dealkylation sites (tertiary alicyclic amines) is 1. The predicted molar refractivity (Wildman–Crippen MR) is 111 cm³/mol. The summed E-state index contributed by atoms with van der Waals surface area (Å²) in [7, 11) is 1.64. The zero-order valence-corrected chi connectivity index (χ0v) is 16.5. The van der Waals surface area contributed by atoms with Gasteiger partial charge in [0.05, 0.1) is 13.5 Å². The van der Waals surface area contributed by atoms with Gasteiger partial charge in [0.2, 0.25) is 5.91 Å². The zero-order valence-electron chi connectivity index (χ0n) is 16.5. The first-order valence-corrected chi connectivity index (χ1v) is 9.85. The maximum absolute atomic E-state index is 12.8. The Morgan fingerprint density at radius 1 is 1.07 bits per heavy atom. The third-order valence-corrected chi connectivity index (χ3v) is 5.39. The summed E-state index contributed by atoms with van der Waals surface area (Å²) in [6, 6.07) is 11.8. The summed E-state index contributed by atoms with van der Waals surface area (Å²) in [6.45, 7) is 1.53. The van der Waals surface area contributed by atoms with Crippen LogP contribution in [-0.2, 0) is 11.2 Å². The van der Waals surface area contributed by atoms with Gasteiger partial charge in [-0.25, -0.2) is 9.97 Å². The Balaban J connectivity index is 1.40. The molecule has 2 aromatic heterocycles. The van der Waals surface area contributed by atoms with Gasteiger partial charge in [0.1, 0.15) is 12.1 Å². The van der Waals surface area contributed by atoms with Crippen LogP contribution in [0.4, 0.5) is 0 Å². The normalized spacial score (nSPS) is 16.4. The first kappa shape index (κ1) is 19.1. The van der Waals surface area contributed by atoms with Crippen molar-refractivity contribution >= 4 is 5.91 Å². The maximum Gasteiger partial charge on any atom is 0.227 e. The third kappa shape index (κ3) is 4.59. The van der Waals surface area contributed by atoms with Gasteiger partial charge in [-0.2, -0.15) is 0 Å². The Bertz CT molecular complexity index is 943. The second-order valence-corrected chi connectivity index (χ2v) is 7.30. The molecule has 3 heterocycles. The number of carbonyl (C=O) groups is 1. The number of nitrogens with zero attached hydrogens (tertiary/aromatic N) is 4. The highest BCUT2D eigenvalue weighted by atomic mass is 16.5. The van der Waals surface area contributed by atoms with Gasteiger partial charge in [0, 0.05) is 54.4 Å². The van der Waals surface area contributed by atoms with Crippen LogP contribution < -0.4 is 4.74 Å². The molecule has 0 aliphatic carbocycles. The summed E-state index contributed by atoms with van der Waals surface area (Å²) in [5, 5.41) is 0. The van der Waals surface area contributed by atoms with Crippen LogP contribution >= 0.6 is 0 Å². The van der Waals surface area contributed by atoms with Gasteiger partial charge >= 0.3 is 0 Å². The molecule has 1 saturated heterocycles. The van der Waals surface area contributed by atoms with Gasteiger partial charge in [-0.3, -0.25) is 9.78 Å². The van der Waals surface area contributed by atoms with E-state index in [0.29, 0.717) is 6.42 Å². The number of carbonyl (C=O) groups excluding carboxylic acids is 1. The molecule has 1 fully saturated rings. The number of benzene rings is 1. The molecule has 1 amide bonds. The van der Waals surface area contributed by atoms with Crippen molar-refractivity contribution in [2.24, 2.45) is 0 Å². The minimum absolute atomic E-state index is 0.165. The van der Waals surface area contributed by atoms with Crippen LogP contribution in [0.2, 0.25) is 0 Å². The van der Waals surface area contributed by atoms with Crippen molar-refractivity contribution in [3.05, 3.63) is 72.6 Å². The van der Waals surface area contributed by atoms with Crippen molar-refractivity contribution in [1.29, 1.82) is 0 Å². The molecule has 148 valence electrons. The molecule has 0 spiro atoms. The number of piperidine rings is 1. The standard InChI is InChI=1S/C23H24N4O2/c1-29-21-7-4-17(5-8-21)11-23(28)27-10-2-3-19(15-27)22-9-6-18(14-26-22)20-12-24-16-25-13-20/h4-9,12-14,16,19H,2-3,10-11,15H2,1H3. The van der Waals surface area contributed by atoms with Crippen molar-refractivity contribution < 1.29 is 9.53 Å². The number of methoxy groups -OCH3 is 1. The van der Waals surface area contributed by atoms with Crippen LogP contribution in [0, 0.1) is 0 Å². The SMILES string of the molecule is COc1ccc(CC(=O)N2CCCC(c3ccc(-c4cncnc4)cn3)C2)cc1. The Morgan fingerprint density at radius 2 is 1.86 bits per heavy atom. The first-order valence-electron chi connectivity index (χ1n) is 9.85. The number of hydrogen-bond acceptors (Lipinski definition) is 5. The molecular formula is C23H24N4O2. The summed E-state index contributed by atoms with van der Waals surface area (Å²) in [5.41, 5.74) is 3.99. The lowest BCUT2D eigenvalue weighted by Gasteiger charge is -2.32. The third-order valence-electron chi connectivity index (χ3n) is 5.39. The van der Waals surface area contributed by atoms with Crippen LogP contribution in [0.3, 0.4) is 0 Å². The largest absolute Gasteiger partial charge is 0.497 e. The minimum Gasteiger partial charge on any atom is -0.497 e. The summed E-state index contributed by atoms with van der Waals surface area (Å²) >= 11 is 0. The zero-order chi connectivity index (χ0) is 20.1. The number of ether oxygens (including phenoxy) is 1. The number of amides is 1. The van der Waals surface area contributed by atoms with E-state index in [-0.39, 0.29) is 11.8 Å². The van der Waals surface area contributed by atoms with Crippen molar-refractivity contribution in [2.75, 3.05) is 20.2 Å². The quantitative estimate of drug-likeness (QED) is 0.669. The molecule has 4 rings (SSSR count). The van der Waals surface area contributed by atoms with Gasteiger partial charge in [0.25, 0.3) is 0 Å². The van der Waals surface area contributed by atoms with E-state index in [1.807, 2.05) is 35.4 Å². The van der Waals surface area contributed by atoms with Crippen molar-refractivity contribution in [1.82, 2.24) is 19.9 Å². The maximum atomic E-state index is 12.8. The lowest BCUT2D eigenvalue weighted by atomic mass is 9.93. The summed E-state index contributed by atoms with van der Waals surface area (Å²) in [5.74, 6) is 1.23. The Kier molecular flexibility index (Phi) is 5.79. The fraction of sp³-hybridized carbons (Fsp3) is 0.304. The molecule has 0 N–H and O–H groups in total. The topological polar surface area (TPSA) is 68.2 Å².